The third-order valence-electron chi connectivity index (χ3n) is 4.96. The molecule has 0 aromatic heterocycles. The zero-order chi connectivity index (χ0) is 20.2. The summed E-state index contributed by atoms with van der Waals surface area (Å²) < 4.78 is 0. The summed E-state index contributed by atoms with van der Waals surface area (Å²) in [5.74, 6) is -0.763. The minimum atomic E-state index is -1.01. The van der Waals surface area contributed by atoms with Crippen molar-refractivity contribution in [2.75, 3.05) is 0 Å². The average molecular weight is 373 g/mol. The number of hydrogen-bond donors (Lipinski definition) is 4. The molecule has 0 spiro atoms. The zero-order valence-electron chi connectivity index (χ0n) is 17.1. The van der Waals surface area contributed by atoms with Gasteiger partial charge < -0.3 is 20.4 Å². The van der Waals surface area contributed by atoms with Crippen molar-refractivity contribution in [3.63, 3.8) is 0 Å². The summed E-state index contributed by atoms with van der Waals surface area (Å²) in [4.78, 5) is 11.0. The van der Waals surface area contributed by atoms with E-state index >= 15 is 0 Å². The lowest BCUT2D eigenvalue weighted by atomic mass is 9.87. The van der Waals surface area contributed by atoms with Gasteiger partial charge in [-0.1, -0.05) is 64.0 Å². The number of unbranched alkanes of at least 4 members (excludes halogenated alkanes) is 5. The number of aliphatic carboxylic acids is 1. The molecule has 0 radical (unpaired) electrons. The summed E-state index contributed by atoms with van der Waals surface area (Å²) in [5, 5.41) is 39.3. The van der Waals surface area contributed by atoms with Gasteiger partial charge in [-0.3, -0.25) is 4.79 Å². The van der Waals surface area contributed by atoms with E-state index in [-0.39, 0.29) is 0 Å². The Morgan fingerprint density at radius 2 is 1.54 bits per heavy atom. The maximum atomic E-state index is 11.0. The Bertz CT molecular complexity index is 415. The highest BCUT2D eigenvalue weighted by molar-refractivity contribution is 5.73. The Kier molecular flexibility index (Phi) is 12.0. The molecule has 0 rings (SSSR count). The van der Waals surface area contributed by atoms with E-state index in [0.29, 0.717) is 19.3 Å². The number of carboxylic acid groups (broad SMARTS) is 1. The van der Waals surface area contributed by atoms with E-state index in [0.717, 1.165) is 44.9 Å². The first-order valence-electron chi connectivity index (χ1n) is 10.0. The predicted molar refractivity (Wildman–Crippen MR) is 105 cm³/mol. The van der Waals surface area contributed by atoms with Gasteiger partial charge in [-0.15, -0.1) is 0 Å². The van der Waals surface area contributed by atoms with Crippen LogP contribution in [-0.4, -0.2) is 44.2 Å². The summed E-state index contributed by atoms with van der Waals surface area (Å²) in [7, 11) is 0. The molecule has 5 heteroatoms. The lowest BCUT2D eigenvalue weighted by molar-refractivity contribution is -0.147. The topological polar surface area (TPSA) is 98.0 Å². The van der Waals surface area contributed by atoms with Gasteiger partial charge in [-0.2, -0.15) is 0 Å². The molecule has 0 heterocycles. The predicted octanol–water partition coefficient (Wildman–Crippen LogP) is 4.05. The minimum Gasteiger partial charge on any atom is -0.481 e. The van der Waals surface area contributed by atoms with E-state index in [1.165, 1.54) is 6.08 Å². The summed E-state index contributed by atoms with van der Waals surface area (Å²) in [6.45, 7) is 7.28. The SMILES string of the molecule is CCCCCC(O)C(O)/C=C/C(C)(O)CCCCCCC(C)(C)C(=O)O. The molecule has 0 aliphatic rings. The fourth-order valence-electron chi connectivity index (χ4n) is 2.80. The maximum absolute atomic E-state index is 11.0. The molecule has 154 valence electrons. The third kappa shape index (κ3) is 11.7. The molecular formula is C21H40O5. The van der Waals surface area contributed by atoms with E-state index < -0.39 is 29.2 Å². The summed E-state index contributed by atoms with van der Waals surface area (Å²) in [6.07, 6.45) is 9.69. The van der Waals surface area contributed by atoms with Crippen LogP contribution in [0.4, 0.5) is 0 Å². The smallest absolute Gasteiger partial charge is 0.309 e. The van der Waals surface area contributed by atoms with Crippen molar-refractivity contribution in [2.45, 2.75) is 110 Å². The Hall–Kier alpha value is -0.910. The molecule has 5 nitrogen and oxygen atoms in total. The molecule has 0 aromatic carbocycles. The molecule has 3 unspecified atom stereocenters. The first-order valence-corrected chi connectivity index (χ1v) is 10.0. The second-order valence-corrected chi connectivity index (χ2v) is 8.37. The Morgan fingerprint density at radius 3 is 2.08 bits per heavy atom. The largest absolute Gasteiger partial charge is 0.481 e. The van der Waals surface area contributed by atoms with Gasteiger partial charge in [-0.05, 0) is 40.0 Å². The second kappa shape index (κ2) is 12.5. The van der Waals surface area contributed by atoms with E-state index in [9.17, 15) is 20.1 Å². The third-order valence-corrected chi connectivity index (χ3v) is 4.96. The second-order valence-electron chi connectivity index (χ2n) is 8.37. The number of aliphatic hydroxyl groups is 3. The highest BCUT2D eigenvalue weighted by Crippen LogP contribution is 2.25. The van der Waals surface area contributed by atoms with Crippen LogP contribution in [0.25, 0.3) is 0 Å². The first-order chi connectivity index (χ1) is 12.0. The molecule has 0 amide bonds. The van der Waals surface area contributed by atoms with Crippen molar-refractivity contribution in [1.29, 1.82) is 0 Å². The zero-order valence-corrected chi connectivity index (χ0v) is 17.1. The van der Waals surface area contributed by atoms with Gasteiger partial charge in [-0.25, -0.2) is 0 Å². The minimum absolute atomic E-state index is 0.564. The number of rotatable bonds is 15. The molecule has 0 aliphatic heterocycles. The fourth-order valence-corrected chi connectivity index (χ4v) is 2.80. The van der Waals surface area contributed by atoms with E-state index in [4.69, 9.17) is 5.11 Å². The molecule has 0 saturated carbocycles. The van der Waals surface area contributed by atoms with Crippen molar-refractivity contribution in [1.82, 2.24) is 0 Å². The van der Waals surface area contributed by atoms with Gasteiger partial charge in [0.25, 0.3) is 0 Å². The normalized spacial score (nSPS) is 17.2. The van der Waals surface area contributed by atoms with Crippen LogP contribution in [0.15, 0.2) is 12.2 Å². The molecule has 0 aliphatic carbocycles. The molecule has 3 atom stereocenters. The Balaban J connectivity index is 4.04. The van der Waals surface area contributed by atoms with Crippen LogP contribution in [0.2, 0.25) is 0 Å². The van der Waals surface area contributed by atoms with E-state index in [1.807, 2.05) is 0 Å². The van der Waals surface area contributed by atoms with Crippen molar-refractivity contribution in [3.8, 4) is 0 Å². The van der Waals surface area contributed by atoms with Crippen LogP contribution in [0.1, 0.15) is 91.9 Å². The quantitative estimate of drug-likeness (QED) is 0.257. The van der Waals surface area contributed by atoms with Gasteiger partial charge in [0.1, 0.15) is 0 Å². The molecule has 0 aromatic rings. The number of carboxylic acids is 1. The molecule has 26 heavy (non-hydrogen) atoms. The van der Waals surface area contributed by atoms with Gasteiger partial charge in [0.15, 0.2) is 0 Å². The average Bonchev–Trinajstić information content (AvgIpc) is 2.55. The Labute approximate surface area is 159 Å². The summed E-state index contributed by atoms with van der Waals surface area (Å²) >= 11 is 0. The molecule has 0 saturated heterocycles. The van der Waals surface area contributed by atoms with E-state index in [2.05, 4.69) is 6.92 Å². The van der Waals surface area contributed by atoms with Crippen LogP contribution >= 0.6 is 0 Å². The lowest BCUT2D eigenvalue weighted by Gasteiger charge is -2.21. The van der Waals surface area contributed by atoms with Crippen molar-refractivity contribution < 1.29 is 25.2 Å². The molecule has 0 bridgehead atoms. The Morgan fingerprint density at radius 1 is 0.962 bits per heavy atom. The van der Waals surface area contributed by atoms with Gasteiger partial charge in [0.05, 0.1) is 23.2 Å². The molecular weight excluding hydrogens is 332 g/mol. The summed E-state index contributed by atoms with van der Waals surface area (Å²) in [5.41, 5.74) is -1.69. The van der Waals surface area contributed by atoms with Crippen molar-refractivity contribution in [3.05, 3.63) is 12.2 Å². The van der Waals surface area contributed by atoms with Gasteiger partial charge in [0, 0.05) is 0 Å². The highest BCUT2D eigenvalue weighted by Gasteiger charge is 2.26. The van der Waals surface area contributed by atoms with Gasteiger partial charge in [0.2, 0.25) is 0 Å². The van der Waals surface area contributed by atoms with Crippen molar-refractivity contribution >= 4 is 5.97 Å². The molecule has 0 fully saturated rings. The van der Waals surface area contributed by atoms with Crippen LogP contribution in [0, 0.1) is 5.41 Å². The maximum Gasteiger partial charge on any atom is 0.309 e. The van der Waals surface area contributed by atoms with Crippen molar-refractivity contribution in [2.24, 2.45) is 5.41 Å². The first kappa shape index (κ1) is 25.1. The summed E-state index contributed by atoms with van der Waals surface area (Å²) in [6, 6.07) is 0. The van der Waals surface area contributed by atoms with E-state index in [1.54, 1.807) is 26.8 Å². The number of carbonyl (C=O) groups is 1. The number of aliphatic hydroxyl groups excluding tert-OH is 2. The van der Waals surface area contributed by atoms with Crippen LogP contribution in [0.5, 0.6) is 0 Å². The lowest BCUT2D eigenvalue weighted by Crippen LogP contribution is -2.26. The van der Waals surface area contributed by atoms with Gasteiger partial charge >= 0.3 is 5.97 Å². The monoisotopic (exact) mass is 372 g/mol. The van der Waals surface area contributed by atoms with Crippen LogP contribution in [-0.2, 0) is 4.79 Å². The van der Waals surface area contributed by atoms with Crippen LogP contribution < -0.4 is 0 Å². The molecule has 4 N–H and O–H groups in total. The fraction of sp³-hybridized carbons (Fsp3) is 0.857. The number of hydrogen-bond acceptors (Lipinski definition) is 4. The van der Waals surface area contributed by atoms with Crippen LogP contribution in [0.3, 0.4) is 0 Å². The standard InChI is InChI=1S/C21H40O5/c1-5-6-9-12-17(22)18(23)13-16-21(4,26)15-11-8-7-10-14-20(2,3)19(24)25/h13,16-18,22-23,26H,5-12,14-15H2,1-4H3,(H,24,25)/b16-13+. The highest BCUT2D eigenvalue weighted by atomic mass is 16.4.